The summed E-state index contributed by atoms with van der Waals surface area (Å²) in [5.41, 5.74) is 4.14. The van der Waals surface area contributed by atoms with E-state index in [2.05, 4.69) is 0 Å². The predicted octanol–water partition coefficient (Wildman–Crippen LogP) is 3.98. The highest BCUT2D eigenvalue weighted by Gasteiger charge is 2.03. The van der Waals surface area contributed by atoms with Crippen molar-refractivity contribution in [2.45, 2.75) is 20.5 Å². The molecule has 0 aliphatic carbocycles. The summed E-state index contributed by atoms with van der Waals surface area (Å²) in [7, 11) is 0. The van der Waals surface area contributed by atoms with Crippen molar-refractivity contribution in [2.24, 2.45) is 0 Å². The Kier molecular flexibility index (Phi) is 4.77. The van der Waals surface area contributed by atoms with Crippen LogP contribution in [-0.2, 0) is 11.4 Å². The van der Waals surface area contributed by atoms with Crippen LogP contribution < -0.4 is 4.74 Å². The predicted molar refractivity (Wildman–Crippen MR) is 83.4 cm³/mol. The number of para-hydroxylation sites is 1. The Balaban J connectivity index is 2.02. The minimum atomic E-state index is -0.947. The van der Waals surface area contributed by atoms with Gasteiger partial charge in [-0.15, -0.1) is 0 Å². The summed E-state index contributed by atoms with van der Waals surface area (Å²) < 4.78 is 5.88. The van der Waals surface area contributed by atoms with Crippen molar-refractivity contribution in [2.75, 3.05) is 0 Å². The van der Waals surface area contributed by atoms with Gasteiger partial charge in [0.2, 0.25) is 0 Å². The van der Waals surface area contributed by atoms with Gasteiger partial charge >= 0.3 is 5.97 Å². The highest BCUT2D eigenvalue weighted by molar-refractivity contribution is 5.85. The van der Waals surface area contributed by atoms with Crippen LogP contribution in [0, 0.1) is 13.8 Å². The third kappa shape index (κ3) is 4.21. The standard InChI is InChI=1S/C18H18O3/c1-13-4-3-5-14(2)18(13)21-12-16-8-6-15(7-9-16)10-11-17(19)20/h3-11H,12H2,1-2H3,(H,19,20). The minimum Gasteiger partial charge on any atom is -0.488 e. The number of hydrogen-bond donors (Lipinski definition) is 1. The fourth-order valence-corrected chi connectivity index (χ4v) is 2.07. The maximum atomic E-state index is 10.5. The van der Waals surface area contributed by atoms with E-state index in [1.807, 2.05) is 56.3 Å². The second kappa shape index (κ2) is 6.75. The van der Waals surface area contributed by atoms with Crippen molar-refractivity contribution in [3.05, 3.63) is 70.8 Å². The zero-order valence-electron chi connectivity index (χ0n) is 12.2. The van der Waals surface area contributed by atoms with Gasteiger partial charge < -0.3 is 9.84 Å². The third-order valence-electron chi connectivity index (χ3n) is 3.19. The molecule has 0 heterocycles. The maximum absolute atomic E-state index is 10.5. The largest absolute Gasteiger partial charge is 0.488 e. The fourth-order valence-electron chi connectivity index (χ4n) is 2.07. The van der Waals surface area contributed by atoms with Crippen LogP contribution >= 0.6 is 0 Å². The zero-order chi connectivity index (χ0) is 15.2. The molecule has 2 aromatic rings. The van der Waals surface area contributed by atoms with Gasteiger partial charge in [0, 0.05) is 6.08 Å². The summed E-state index contributed by atoms with van der Waals surface area (Å²) in [6.07, 6.45) is 2.70. The summed E-state index contributed by atoms with van der Waals surface area (Å²) in [6, 6.07) is 13.7. The van der Waals surface area contributed by atoms with Crippen molar-refractivity contribution in [3.63, 3.8) is 0 Å². The molecule has 3 heteroatoms. The van der Waals surface area contributed by atoms with Crippen LogP contribution in [0.5, 0.6) is 5.75 Å². The smallest absolute Gasteiger partial charge is 0.328 e. The molecule has 0 spiro atoms. The molecule has 0 bridgehead atoms. The number of aliphatic carboxylic acids is 1. The summed E-state index contributed by atoms with van der Waals surface area (Å²) in [4.78, 5) is 10.5. The molecule has 0 amide bonds. The average molecular weight is 282 g/mol. The van der Waals surface area contributed by atoms with Crippen molar-refractivity contribution < 1.29 is 14.6 Å². The Morgan fingerprint density at radius 1 is 1.10 bits per heavy atom. The van der Waals surface area contributed by atoms with Crippen LogP contribution in [0.15, 0.2) is 48.5 Å². The lowest BCUT2D eigenvalue weighted by atomic mass is 10.1. The number of rotatable bonds is 5. The molecular weight excluding hydrogens is 264 g/mol. The van der Waals surface area contributed by atoms with Gasteiger partial charge in [0.25, 0.3) is 0 Å². The summed E-state index contributed by atoms with van der Waals surface area (Å²) in [5.74, 6) is -0.0233. The van der Waals surface area contributed by atoms with Crippen molar-refractivity contribution in [1.29, 1.82) is 0 Å². The summed E-state index contributed by atoms with van der Waals surface area (Å²) in [5, 5.41) is 8.58. The van der Waals surface area contributed by atoms with Crippen molar-refractivity contribution in [1.82, 2.24) is 0 Å². The first-order valence-electron chi connectivity index (χ1n) is 6.75. The van der Waals surface area contributed by atoms with Crippen LogP contribution in [0.4, 0.5) is 0 Å². The molecule has 0 aliphatic rings. The molecule has 0 fully saturated rings. The monoisotopic (exact) mass is 282 g/mol. The quantitative estimate of drug-likeness (QED) is 0.844. The number of benzene rings is 2. The number of ether oxygens (including phenoxy) is 1. The van der Waals surface area contributed by atoms with E-state index in [9.17, 15) is 4.79 Å². The Hall–Kier alpha value is -2.55. The van der Waals surface area contributed by atoms with Crippen molar-refractivity contribution in [3.8, 4) is 5.75 Å². The van der Waals surface area contributed by atoms with Crippen LogP contribution in [0.2, 0.25) is 0 Å². The fraction of sp³-hybridized carbons (Fsp3) is 0.167. The molecule has 0 unspecified atom stereocenters. The van der Waals surface area contributed by atoms with Gasteiger partial charge in [0.1, 0.15) is 12.4 Å². The number of carbonyl (C=O) groups is 1. The lowest BCUT2D eigenvalue weighted by Gasteiger charge is -2.12. The molecule has 2 rings (SSSR count). The van der Waals surface area contributed by atoms with E-state index in [-0.39, 0.29) is 0 Å². The van der Waals surface area contributed by atoms with E-state index in [1.54, 1.807) is 6.08 Å². The SMILES string of the molecule is Cc1cccc(C)c1OCc1ccc(C=CC(=O)O)cc1. The number of aryl methyl sites for hydroxylation is 2. The maximum Gasteiger partial charge on any atom is 0.328 e. The molecule has 1 N–H and O–H groups in total. The molecule has 0 radical (unpaired) electrons. The lowest BCUT2D eigenvalue weighted by molar-refractivity contribution is -0.131. The molecular formula is C18H18O3. The van der Waals surface area contributed by atoms with Crippen LogP contribution in [0.1, 0.15) is 22.3 Å². The molecule has 21 heavy (non-hydrogen) atoms. The molecule has 108 valence electrons. The first kappa shape index (κ1) is 14.9. The van der Waals surface area contributed by atoms with E-state index in [0.717, 1.165) is 34.1 Å². The normalized spacial score (nSPS) is 10.8. The van der Waals surface area contributed by atoms with E-state index in [1.165, 1.54) is 0 Å². The highest BCUT2D eigenvalue weighted by Crippen LogP contribution is 2.23. The molecule has 3 nitrogen and oxygen atoms in total. The molecule has 0 aromatic heterocycles. The second-order valence-electron chi connectivity index (χ2n) is 4.92. The summed E-state index contributed by atoms with van der Waals surface area (Å²) >= 11 is 0. The third-order valence-corrected chi connectivity index (χ3v) is 3.19. The van der Waals surface area contributed by atoms with Crippen LogP contribution in [-0.4, -0.2) is 11.1 Å². The highest BCUT2D eigenvalue weighted by atomic mass is 16.5. The van der Waals surface area contributed by atoms with Gasteiger partial charge in [-0.05, 0) is 42.2 Å². The summed E-state index contributed by atoms with van der Waals surface area (Å²) in [6.45, 7) is 4.55. The van der Waals surface area contributed by atoms with E-state index in [0.29, 0.717) is 6.61 Å². The van der Waals surface area contributed by atoms with Gasteiger partial charge in [-0.1, -0.05) is 42.5 Å². The average Bonchev–Trinajstić information content (AvgIpc) is 2.46. The number of carboxylic acid groups (broad SMARTS) is 1. The van der Waals surface area contributed by atoms with Crippen LogP contribution in [0.25, 0.3) is 6.08 Å². The number of hydrogen-bond acceptors (Lipinski definition) is 2. The van der Waals surface area contributed by atoms with Crippen LogP contribution in [0.3, 0.4) is 0 Å². The Bertz CT molecular complexity index is 634. The Labute approximate surface area is 124 Å². The second-order valence-corrected chi connectivity index (χ2v) is 4.92. The molecule has 0 atom stereocenters. The first-order chi connectivity index (χ1) is 10.1. The Morgan fingerprint density at radius 2 is 1.71 bits per heavy atom. The van der Waals surface area contributed by atoms with Gasteiger partial charge in [-0.3, -0.25) is 0 Å². The topological polar surface area (TPSA) is 46.5 Å². The molecule has 2 aromatic carbocycles. The van der Waals surface area contributed by atoms with Gasteiger partial charge in [-0.25, -0.2) is 4.79 Å². The van der Waals surface area contributed by atoms with E-state index < -0.39 is 5.97 Å². The van der Waals surface area contributed by atoms with Crippen molar-refractivity contribution >= 4 is 12.0 Å². The van der Waals surface area contributed by atoms with Gasteiger partial charge in [-0.2, -0.15) is 0 Å². The first-order valence-corrected chi connectivity index (χ1v) is 6.75. The molecule has 0 saturated carbocycles. The zero-order valence-corrected chi connectivity index (χ0v) is 12.2. The van der Waals surface area contributed by atoms with E-state index in [4.69, 9.17) is 9.84 Å². The minimum absolute atomic E-state index is 0.495. The lowest BCUT2D eigenvalue weighted by Crippen LogP contribution is -1.98. The molecule has 0 saturated heterocycles. The van der Waals surface area contributed by atoms with Gasteiger partial charge in [0.15, 0.2) is 0 Å². The molecule has 0 aliphatic heterocycles. The van der Waals surface area contributed by atoms with E-state index >= 15 is 0 Å². The Morgan fingerprint density at radius 3 is 2.29 bits per heavy atom. The van der Waals surface area contributed by atoms with Gasteiger partial charge in [0.05, 0.1) is 0 Å². The number of carboxylic acids is 1.